The second-order valence-electron chi connectivity index (χ2n) is 4.77. The third-order valence-corrected chi connectivity index (χ3v) is 4.59. The number of rotatable bonds is 4. The Morgan fingerprint density at radius 2 is 1.96 bits per heavy atom. The number of hydrogen-bond donors (Lipinski definition) is 2. The molecule has 0 unspecified atom stereocenters. The number of benzene rings is 2. The molecule has 122 valence electrons. The lowest BCUT2D eigenvalue weighted by molar-refractivity contribution is 0.102. The quantitative estimate of drug-likeness (QED) is 0.882. The van der Waals surface area contributed by atoms with Gasteiger partial charge < -0.3 is 5.32 Å². The molecule has 0 fully saturated rings. The Hall–Kier alpha value is -1.96. The molecule has 0 saturated carbocycles. The van der Waals surface area contributed by atoms with E-state index in [0.717, 1.165) is 17.7 Å². The van der Waals surface area contributed by atoms with Crippen molar-refractivity contribution in [1.29, 1.82) is 0 Å². The predicted molar refractivity (Wildman–Crippen MR) is 86.6 cm³/mol. The Morgan fingerprint density at radius 3 is 2.57 bits per heavy atom. The van der Waals surface area contributed by atoms with Crippen LogP contribution in [-0.2, 0) is 16.4 Å². The van der Waals surface area contributed by atoms with Gasteiger partial charge in [-0.05, 0) is 30.2 Å². The molecule has 5 nitrogen and oxygen atoms in total. The summed E-state index contributed by atoms with van der Waals surface area (Å²) in [5, 5.41) is 7.19. The Balaban J connectivity index is 2.44. The molecule has 2 rings (SSSR count). The van der Waals surface area contributed by atoms with Crippen molar-refractivity contribution in [3.05, 3.63) is 58.4 Å². The maximum atomic E-state index is 14.0. The molecule has 0 saturated heterocycles. The van der Waals surface area contributed by atoms with E-state index in [2.05, 4.69) is 5.32 Å². The normalized spacial score (nSPS) is 11.3. The predicted octanol–water partition coefficient (Wildman–Crippen LogP) is 2.94. The average molecular weight is 357 g/mol. The van der Waals surface area contributed by atoms with Crippen molar-refractivity contribution in [2.75, 3.05) is 5.32 Å². The van der Waals surface area contributed by atoms with Gasteiger partial charge in [-0.2, -0.15) is 0 Å². The Bertz CT molecular complexity index is 869. The van der Waals surface area contributed by atoms with Crippen LogP contribution in [-0.4, -0.2) is 14.3 Å². The first-order valence-corrected chi connectivity index (χ1v) is 8.57. The summed E-state index contributed by atoms with van der Waals surface area (Å²) < 4.78 is 36.8. The van der Waals surface area contributed by atoms with Crippen molar-refractivity contribution in [1.82, 2.24) is 0 Å². The molecule has 0 heterocycles. The molecule has 0 atom stereocenters. The zero-order valence-corrected chi connectivity index (χ0v) is 13.7. The van der Waals surface area contributed by atoms with E-state index in [1.165, 1.54) is 0 Å². The minimum absolute atomic E-state index is 0.379. The van der Waals surface area contributed by atoms with Crippen molar-refractivity contribution in [2.45, 2.75) is 18.2 Å². The lowest BCUT2D eigenvalue weighted by Gasteiger charge is -2.11. The number of carbonyl (C=O) groups excluding carboxylic acids is 1. The molecule has 0 aliphatic rings. The summed E-state index contributed by atoms with van der Waals surface area (Å²) in [5.74, 6) is -1.72. The first kappa shape index (κ1) is 17.4. The lowest BCUT2D eigenvalue weighted by Crippen LogP contribution is -2.18. The van der Waals surface area contributed by atoms with Crippen molar-refractivity contribution in [3.8, 4) is 0 Å². The first-order chi connectivity index (χ1) is 10.7. The minimum Gasteiger partial charge on any atom is -0.322 e. The number of sulfonamides is 1. The number of halogens is 2. The number of para-hydroxylation sites is 1. The van der Waals surface area contributed by atoms with Crippen LogP contribution in [0.1, 0.15) is 22.8 Å². The SMILES string of the molecule is CCc1ccccc1NC(=O)c1cc(S(N)(=O)=O)c(Cl)cc1F. The fraction of sp³-hybridized carbons (Fsp3) is 0.133. The van der Waals surface area contributed by atoms with E-state index < -0.39 is 32.2 Å². The van der Waals surface area contributed by atoms with Crippen LogP contribution in [0.2, 0.25) is 5.02 Å². The summed E-state index contributed by atoms with van der Waals surface area (Å²) in [6.07, 6.45) is 0.669. The Kier molecular flexibility index (Phi) is 5.03. The molecule has 0 aliphatic heterocycles. The van der Waals surface area contributed by atoms with Gasteiger partial charge in [0.15, 0.2) is 0 Å². The van der Waals surface area contributed by atoms with Gasteiger partial charge in [-0.1, -0.05) is 36.7 Å². The molecule has 2 aromatic carbocycles. The number of nitrogens with two attached hydrogens (primary N) is 1. The molecule has 0 aliphatic carbocycles. The second kappa shape index (κ2) is 6.66. The number of amides is 1. The lowest BCUT2D eigenvalue weighted by atomic mass is 10.1. The van der Waals surface area contributed by atoms with E-state index in [9.17, 15) is 17.6 Å². The molecule has 0 radical (unpaired) electrons. The van der Waals surface area contributed by atoms with Gasteiger partial charge in [0.05, 0.1) is 10.6 Å². The van der Waals surface area contributed by atoms with Crippen LogP contribution in [0.5, 0.6) is 0 Å². The van der Waals surface area contributed by atoms with E-state index in [4.69, 9.17) is 16.7 Å². The maximum Gasteiger partial charge on any atom is 0.258 e. The summed E-state index contributed by atoms with van der Waals surface area (Å²) in [5.41, 5.74) is 0.928. The number of hydrogen-bond acceptors (Lipinski definition) is 3. The van der Waals surface area contributed by atoms with E-state index in [1.807, 2.05) is 19.1 Å². The fourth-order valence-electron chi connectivity index (χ4n) is 2.06. The van der Waals surface area contributed by atoms with Crippen molar-refractivity contribution >= 4 is 33.2 Å². The Labute approximate surface area is 138 Å². The monoisotopic (exact) mass is 356 g/mol. The van der Waals surface area contributed by atoms with Crippen LogP contribution < -0.4 is 10.5 Å². The first-order valence-electron chi connectivity index (χ1n) is 6.65. The maximum absolute atomic E-state index is 14.0. The summed E-state index contributed by atoms with van der Waals surface area (Å²) in [6, 6.07) is 8.62. The summed E-state index contributed by atoms with van der Waals surface area (Å²) in [7, 11) is -4.17. The largest absolute Gasteiger partial charge is 0.322 e. The number of primary sulfonamides is 1. The van der Waals surface area contributed by atoms with Crippen LogP contribution in [0.15, 0.2) is 41.3 Å². The van der Waals surface area contributed by atoms with Gasteiger partial charge in [0.1, 0.15) is 10.7 Å². The standard InChI is InChI=1S/C15H14ClFN2O3S/c1-2-9-5-3-4-6-13(9)19-15(20)10-7-14(23(18,21)22)11(16)8-12(10)17/h3-8H,2H2,1H3,(H,19,20)(H2,18,21,22). The van der Waals surface area contributed by atoms with Crippen LogP contribution in [0.3, 0.4) is 0 Å². The van der Waals surface area contributed by atoms with Crippen LogP contribution >= 0.6 is 11.6 Å². The van der Waals surface area contributed by atoms with E-state index in [-0.39, 0.29) is 5.02 Å². The highest BCUT2D eigenvalue weighted by Crippen LogP contribution is 2.25. The van der Waals surface area contributed by atoms with E-state index in [0.29, 0.717) is 12.1 Å². The number of nitrogens with one attached hydrogen (secondary N) is 1. The Morgan fingerprint density at radius 1 is 1.30 bits per heavy atom. The van der Waals surface area contributed by atoms with Gasteiger partial charge in [-0.25, -0.2) is 17.9 Å². The number of anilines is 1. The zero-order valence-electron chi connectivity index (χ0n) is 12.1. The van der Waals surface area contributed by atoms with E-state index in [1.54, 1.807) is 12.1 Å². The smallest absolute Gasteiger partial charge is 0.258 e. The molecule has 0 aromatic heterocycles. The zero-order chi connectivity index (χ0) is 17.2. The van der Waals surface area contributed by atoms with Gasteiger partial charge in [-0.3, -0.25) is 4.79 Å². The fourth-order valence-corrected chi connectivity index (χ4v) is 3.15. The number of carbonyl (C=O) groups is 1. The highest BCUT2D eigenvalue weighted by atomic mass is 35.5. The summed E-state index contributed by atoms with van der Waals surface area (Å²) >= 11 is 5.67. The van der Waals surface area contributed by atoms with Gasteiger partial charge in [0.2, 0.25) is 10.0 Å². The van der Waals surface area contributed by atoms with Crippen LogP contribution in [0.4, 0.5) is 10.1 Å². The third-order valence-electron chi connectivity index (χ3n) is 3.22. The summed E-state index contributed by atoms with van der Waals surface area (Å²) in [6.45, 7) is 1.91. The summed E-state index contributed by atoms with van der Waals surface area (Å²) in [4.78, 5) is 11.8. The molecule has 3 N–H and O–H groups in total. The highest BCUT2D eigenvalue weighted by Gasteiger charge is 2.21. The van der Waals surface area contributed by atoms with Crippen molar-refractivity contribution < 1.29 is 17.6 Å². The molecule has 2 aromatic rings. The molecule has 8 heteroatoms. The van der Waals surface area contributed by atoms with Gasteiger partial charge in [0.25, 0.3) is 5.91 Å². The highest BCUT2D eigenvalue weighted by molar-refractivity contribution is 7.89. The van der Waals surface area contributed by atoms with E-state index >= 15 is 0 Å². The van der Waals surface area contributed by atoms with Gasteiger partial charge in [0, 0.05) is 5.69 Å². The molecule has 0 bridgehead atoms. The van der Waals surface area contributed by atoms with Gasteiger partial charge >= 0.3 is 0 Å². The van der Waals surface area contributed by atoms with Crippen molar-refractivity contribution in [3.63, 3.8) is 0 Å². The van der Waals surface area contributed by atoms with Crippen LogP contribution in [0.25, 0.3) is 0 Å². The average Bonchev–Trinajstić information content (AvgIpc) is 2.46. The number of aryl methyl sites for hydroxylation is 1. The molecule has 1 amide bonds. The minimum atomic E-state index is -4.17. The van der Waals surface area contributed by atoms with Crippen molar-refractivity contribution in [2.24, 2.45) is 5.14 Å². The molecule has 0 spiro atoms. The second-order valence-corrected chi connectivity index (χ2v) is 6.71. The molecular weight excluding hydrogens is 343 g/mol. The van der Waals surface area contributed by atoms with Crippen LogP contribution in [0, 0.1) is 5.82 Å². The van der Waals surface area contributed by atoms with Gasteiger partial charge in [-0.15, -0.1) is 0 Å². The molecular formula is C15H14ClFN2O3S. The molecule has 23 heavy (non-hydrogen) atoms. The topological polar surface area (TPSA) is 89.3 Å². The third kappa shape index (κ3) is 3.87.